The molecule has 1 fully saturated rings. The molecule has 0 spiro atoms. The number of hydrogen-bond acceptors (Lipinski definition) is 3. The molecule has 25 heavy (non-hydrogen) atoms. The van der Waals surface area contributed by atoms with E-state index in [4.69, 9.17) is 16.5 Å². The molecule has 0 atom stereocenters. The summed E-state index contributed by atoms with van der Waals surface area (Å²) in [4.78, 5) is 17.2. The molecule has 1 amide bonds. The third-order valence-electron chi connectivity index (χ3n) is 4.81. The number of carbonyl (C=O) groups is 1. The highest BCUT2D eigenvalue weighted by Crippen LogP contribution is 2.28. The van der Waals surface area contributed by atoms with Crippen LogP contribution < -0.4 is 0 Å². The lowest BCUT2D eigenvalue weighted by Crippen LogP contribution is -2.37. The first-order valence-corrected chi connectivity index (χ1v) is 9.34. The number of amides is 1. The van der Waals surface area contributed by atoms with Crippen molar-refractivity contribution >= 4 is 23.3 Å². The number of halogens is 1. The van der Waals surface area contributed by atoms with Crippen LogP contribution in [0, 0.1) is 12.8 Å². The second kappa shape index (κ2) is 7.75. The van der Waals surface area contributed by atoms with Gasteiger partial charge in [0.05, 0.1) is 11.7 Å². The largest absolute Gasteiger partial charge is 0.378 e. The van der Waals surface area contributed by atoms with Crippen LogP contribution in [0.5, 0.6) is 0 Å². The highest BCUT2D eigenvalue weighted by molar-refractivity contribution is 6.25. The van der Waals surface area contributed by atoms with Gasteiger partial charge in [-0.2, -0.15) is 0 Å². The normalized spacial score (nSPS) is 21.0. The van der Waals surface area contributed by atoms with Gasteiger partial charge in [0.25, 0.3) is 5.91 Å². The van der Waals surface area contributed by atoms with Gasteiger partial charge in [-0.3, -0.25) is 4.79 Å². The number of fused-ring (bicyclic) bond motifs is 1. The van der Waals surface area contributed by atoms with Crippen LogP contribution in [0.25, 0.3) is 5.65 Å². The van der Waals surface area contributed by atoms with Crippen molar-refractivity contribution in [2.45, 2.75) is 58.6 Å². The van der Waals surface area contributed by atoms with Gasteiger partial charge in [-0.15, -0.1) is 0 Å². The SMILES string of the molecule is Cc1ccnc2c(C(=O)N(Cl)C3CCC(OCC(C)C)CC3)ccn12. The number of nitrogens with zero attached hydrogens (tertiary/aromatic N) is 3. The third-order valence-corrected chi connectivity index (χ3v) is 5.24. The van der Waals surface area contributed by atoms with Crippen LogP contribution in [0.3, 0.4) is 0 Å². The Labute approximate surface area is 154 Å². The van der Waals surface area contributed by atoms with Crippen LogP contribution in [-0.4, -0.2) is 38.5 Å². The molecule has 2 aromatic rings. The summed E-state index contributed by atoms with van der Waals surface area (Å²) in [5.41, 5.74) is 2.24. The summed E-state index contributed by atoms with van der Waals surface area (Å²) in [5.74, 6) is 0.372. The van der Waals surface area contributed by atoms with Crippen molar-refractivity contribution in [1.82, 2.24) is 13.8 Å². The van der Waals surface area contributed by atoms with Crippen molar-refractivity contribution in [1.29, 1.82) is 0 Å². The lowest BCUT2D eigenvalue weighted by Gasteiger charge is -2.32. The van der Waals surface area contributed by atoms with Crippen molar-refractivity contribution in [3.05, 3.63) is 35.8 Å². The molecule has 136 valence electrons. The molecule has 0 N–H and O–H groups in total. The number of hydrogen-bond donors (Lipinski definition) is 0. The fraction of sp³-hybridized carbons (Fsp3) is 0.579. The van der Waals surface area contributed by atoms with Crippen LogP contribution in [0.15, 0.2) is 24.5 Å². The molecule has 0 aliphatic heterocycles. The Morgan fingerprint density at radius 1 is 1.36 bits per heavy atom. The maximum atomic E-state index is 12.8. The van der Waals surface area contributed by atoms with Gasteiger partial charge in [-0.25, -0.2) is 9.40 Å². The maximum Gasteiger partial charge on any atom is 0.272 e. The molecule has 0 saturated heterocycles. The highest BCUT2D eigenvalue weighted by atomic mass is 35.5. The smallest absolute Gasteiger partial charge is 0.272 e. The van der Waals surface area contributed by atoms with Gasteiger partial charge in [0, 0.05) is 42.5 Å². The first kappa shape index (κ1) is 18.2. The molecule has 3 rings (SSSR count). The van der Waals surface area contributed by atoms with E-state index in [1.54, 1.807) is 12.3 Å². The summed E-state index contributed by atoms with van der Waals surface area (Å²) < 4.78 is 9.20. The minimum absolute atomic E-state index is 0.0489. The van der Waals surface area contributed by atoms with Crippen molar-refractivity contribution < 1.29 is 9.53 Å². The van der Waals surface area contributed by atoms with E-state index in [0.29, 0.717) is 23.2 Å². The zero-order valence-corrected chi connectivity index (χ0v) is 15.9. The van der Waals surface area contributed by atoms with Crippen molar-refractivity contribution in [2.75, 3.05) is 6.61 Å². The van der Waals surface area contributed by atoms with E-state index in [1.165, 1.54) is 4.42 Å². The van der Waals surface area contributed by atoms with Crippen LogP contribution in [0.4, 0.5) is 0 Å². The minimum atomic E-state index is -0.172. The van der Waals surface area contributed by atoms with Gasteiger partial charge >= 0.3 is 0 Å². The predicted octanol–water partition coefficient (Wildman–Crippen LogP) is 4.22. The Morgan fingerprint density at radius 3 is 2.76 bits per heavy atom. The van der Waals surface area contributed by atoms with Gasteiger partial charge in [0.15, 0.2) is 0 Å². The zero-order chi connectivity index (χ0) is 18.0. The lowest BCUT2D eigenvalue weighted by atomic mass is 9.92. The highest BCUT2D eigenvalue weighted by Gasteiger charge is 2.30. The van der Waals surface area contributed by atoms with Gasteiger partial charge in [0.1, 0.15) is 5.65 Å². The van der Waals surface area contributed by atoms with Gasteiger partial charge in [-0.1, -0.05) is 13.8 Å². The molecule has 2 aromatic heterocycles. The van der Waals surface area contributed by atoms with Crippen molar-refractivity contribution in [3.63, 3.8) is 0 Å². The molecule has 0 aromatic carbocycles. The molecule has 2 heterocycles. The molecule has 6 heteroatoms. The van der Waals surface area contributed by atoms with Crippen LogP contribution in [-0.2, 0) is 4.74 Å². The summed E-state index contributed by atoms with van der Waals surface area (Å²) in [5, 5.41) is 0. The Hall–Kier alpha value is -1.59. The monoisotopic (exact) mass is 363 g/mol. The average Bonchev–Trinajstić information content (AvgIpc) is 3.04. The fourth-order valence-electron chi connectivity index (χ4n) is 3.35. The number of ether oxygens (including phenoxy) is 1. The Balaban J connectivity index is 1.64. The van der Waals surface area contributed by atoms with Crippen LogP contribution in [0.2, 0.25) is 0 Å². The molecular formula is C19H26ClN3O2. The topological polar surface area (TPSA) is 46.8 Å². The van der Waals surface area contributed by atoms with E-state index in [-0.39, 0.29) is 11.9 Å². The first-order chi connectivity index (χ1) is 12.0. The summed E-state index contributed by atoms with van der Waals surface area (Å²) in [6, 6.07) is 3.76. The number of rotatable bonds is 5. The van der Waals surface area contributed by atoms with E-state index in [2.05, 4.69) is 18.8 Å². The predicted molar refractivity (Wildman–Crippen MR) is 98.8 cm³/mol. The molecule has 1 aliphatic rings. The Bertz CT molecular complexity index is 735. The average molecular weight is 364 g/mol. The Kier molecular flexibility index (Phi) is 5.64. The summed E-state index contributed by atoms with van der Waals surface area (Å²) >= 11 is 6.42. The third kappa shape index (κ3) is 3.98. The fourth-order valence-corrected chi connectivity index (χ4v) is 3.64. The first-order valence-electron chi connectivity index (χ1n) is 9.01. The second-order valence-electron chi connectivity index (χ2n) is 7.28. The van der Waals surface area contributed by atoms with Crippen molar-refractivity contribution in [2.24, 2.45) is 5.92 Å². The van der Waals surface area contributed by atoms with E-state index in [0.717, 1.165) is 38.0 Å². The number of carbonyl (C=O) groups excluding carboxylic acids is 1. The number of aryl methyl sites for hydroxylation is 1. The molecule has 0 bridgehead atoms. The van der Waals surface area contributed by atoms with Gasteiger partial charge in [0.2, 0.25) is 0 Å². The van der Waals surface area contributed by atoms with E-state index in [9.17, 15) is 4.79 Å². The quantitative estimate of drug-likeness (QED) is 0.747. The van der Waals surface area contributed by atoms with Crippen LogP contribution in [0.1, 0.15) is 55.6 Å². The van der Waals surface area contributed by atoms with Crippen LogP contribution >= 0.6 is 11.8 Å². The molecular weight excluding hydrogens is 338 g/mol. The van der Waals surface area contributed by atoms with Gasteiger partial charge in [-0.05, 0) is 50.7 Å². The van der Waals surface area contributed by atoms with Gasteiger partial charge < -0.3 is 9.14 Å². The molecule has 1 aliphatic carbocycles. The molecule has 5 nitrogen and oxygen atoms in total. The van der Waals surface area contributed by atoms with E-state index in [1.807, 2.05) is 23.6 Å². The lowest BCUT2D eigenvalue weighted by molar-refractivity contribution is 0.00349. The maximum absolute atomic E-state index is 12.8. The number of aromatic nitrogens is 2. The second-order valence-corrected chi connectivity index (χ2v) is 7.65. The Morgan fingerprint density at radius 2 is 2.08 bits per heavy atom. The standard InChI is InChI=1S/C19H26ClN3O2/c1-13(2)12-25-16-6-4-15(5-7-16)23(20)19(24)17-9-11-22-14(3)8-10-21-18(17)22/h8-11,13,15-16H,4-7,12H2,1-3H3. The zero-order valence-electron chi connectivity index (χ0n) is 15.1. The molecule has 1 saturated carbocycles. The minimum Gasteiger partial charge on any atom is -0.378 e. The molecule has 0 radical (unpaired) electrons. The summed E-state index contributed by atoms with van der Waals surface area (Å²) in [6.45, 7) is 7.09. The van der Waals surface area contributed by atoms with E-state index < -0.39 is 0 Å². The summed E-state index contributed by atoms with van der Waals surface area (Å²) in [7, 11) is 0. The van der Waals surface area contributed by atoms with E-state index >= 15 is 0 Å². The molecule has 0 unspecified atom stereocenters. The van der Waals surface area contributed by atoms with Crippen molar-refractivity contribution in [3.8, 4) is 0 Å². The summed E-state index contributed by atoms with van der Waals surface area (Å²) in [6.07, 6.45) is 7.51.